The zero-order valence-corrected chi connectivity index (χ0v) is 9.21. The first-order chi connectivity index (χ1) is 6.51. The molecule has 1 aromatic heterocycles. The summed E-state index contributed by atoms with van der Waals surface area (Å²) >= 11 is 0. The summed E-state index contributed by atoms with van der Waals surface area (Å²) in [4.78, 5) is 4.27. The van der Waals surface area contributed by atoms with Crippen molar-refractivity contribution >= 4 is 0 Å². The Morgan fingerprint density at radius 2 is 2.07 bits per heavy atom. The summed E-state index contributed by atoms with van der Waals surface area (Å²) in [6.07, 6.45) is 3.55. The Morgan fingerprint density at radius 3 is 2.64 bits per heavy atom. The highest BCUT2D eigenvalue weighted by Gasteiger charge is 2.13. The second-order valence-electron chi connectivity index (χ2n) is 4.34. The lowest BCUT2D eigenvalue weighted by atomic mass is 10.0. The van der Waals surface area contributed by atoms with Crippen molar-refractivity contribution in [2.24, 2.45) is 5.73 Å². The van der Waals surface area contributed by atoms with E-state index in [0.717, 1.165) is 31.5 Å². The molecule has 0 saturated carbocycles. The number of aryl methyl sites for hydroxylation is 2. The maximum absolute atomic E-state index is 5.86. The fourth-order valence-electron chi connectivity index (χ4n) is 1.15. The van der Waals surface area contributed by atoms with E-state index in [1.165, 1.54) is 0 Å². The Kier molecular flexibility index (Phi) is 3.63. The van der Waals surface area contributed by atoms with Crippen LogP contribution in [-0.2, 0) is 12.8 Å². The predicted octanol–water partition coefficient (Wildman–Crippen LogP) is 1.69. The molecule has 0 saturated heterocycles. The first-order valence-corrected chi connectivity index (χ1v) is 5.11. The number of rotatable bonds is 5. The summed E-state index contributed by atoms with van der Waals surface area (Å²) in [5.74, 6) is 1.50. The van der Waals surface area contributed by atoms with Gasteiger partial charge in [-0.25, -0.2) is 0 Å². The summed E-state index contributed by atoms with van der Waals surface area (Å²) in [7, 11) is 0. The Morgan fingerprint density at radius 1 is 1.36 bits per heavy atom. The lowest BCUT2D eigenvalue weighted by Gasteiger charge is -2.16. The van der Waals surface area contributed by atoms with Gasteiger partial charge in [0.25, 0.3) is 0 Å². The van der Waals surface area contributed by atoms with Crippen molar-refractivity contribution in [3.8, 4) is 0 Å². The topological polar surface area (TPSA) is 64.9 Å². The van der Waals surface area contributed by atoms with Gasteiger partial charge in [0.2, 0.25) is 5.89 Å². The Hall–Kier alpha value is -0.900. The molecule has 4 nitrogen and oxygen atoms in total. The van der Waals surface area contributed by atoms with Crippen LogP contribution in [0, 0.1) is 0 Å². The molecule has 0 fully saturated rings. The zero-order valence-electron chi connectivity index (χ0n) is 9.21. The third kappa shape index (κ3) is 3.87. The number of nitrogens with two attached hydrogens (primary N) is 1. The van der Waals surface area contributed by atoms with E-state index in [0.29, 0.717) is 5.89 Å². The summed E-state index contributed by atoms with van der Waals surface area (Å²) in [6.45, 7) is 6.09. The van der Waals surface area contributed by atoms with Crippen LogP contribution in [0.25, 0.3) is 0 Å². The molecule has 4 heteroatoms. The third-order valence-corrected chi connectivity index (χ3v) is 1.97. The number of nitrogens with zero attached hydrogens (tertiary/aromatic N) is 2. The molecule has 0 amide bonds. The zero-order chi connectivity index (χ0) is 10.6. The van der Waals surface area contributed by atoms with E-state index < -0.39 is 0 Å². The van der Waals surface area contributed by atoms with Gasteiger partial charge in [0.05, 0.1) is 0 Å². The van der Waals surface area contributed by atoms with Crippen LogP contribution in [0.3, 0.4) is 0 Å². The smallest absolute Gasteiger partial charge is 0.226 e. The number of hydrogen-bond donors (Lipinski definition) is 1. The van der Waals surface area contributed by atoms with Gasteiger partial charge in [-0.2, -0.15) is 4.98 Å². The summed E-state index contributed by atoms with van der Waals surface area (Å²) < 4.78 is 5.10. The molecule has 14 heavy (non-hydrogen) atoms. The maximum Gasteiger partial charge on any atom is 0.226 e. The normalized spacial score (nSPS) is 12.0. The Balaban J connectivity index is 2.44. The van der Waals surface area contributed by atoms with Gasteiger partial charge in [0.1, 0.15) is 0 Å². The highest BCUT2D eigenvalue weighted by molar-refractivity contribution is 4.88. The molecule has 0 spiro atoms. The molecule has 2 N–H and O–H groups in total. The van der Waals surface area contributed by atoms with Crippen LogP contribution in [0.4, 0.5) is 0 Å². The predicted molar refractivity (Wildman–Crippen MR) is 54.9 cm³/mol. The minimum atomic E-state index is -0.167. The fourth-order valence-corrected chi connectivity index (χ4v) is 1.15. The van der Waals surface area contributed by atoms with E-state index in [2.05, 4.69) is 17.1 Å². The van der Waals surface area contributed by atoms with Gasteiger partial charge in [-0.05, 0) is 26.7 Å². The summed E-state index contributed by atoms with van der Waals surface area (Å²) in [6, 6.07) is 0. The minimum Gasteiger partial charge on any atom is -0.339 e. The van der Waals surface area contributed by atoms with Crippen LogP contribution in [0.5, 0.6) is 0 Å². The van der Waals surface area contributed by atoms with Crippen LogP contribution in [0.1, 0.15) is 45.3 Å². The van der Waals surface area contributed by atoms with E-state index in [-0.39, 0.29) is 5.54 Å². The molecular weight excluding hydrogens is 178 g/mol. The number of hydrogen-bond acceptors (Lipinski definition) is 4. The molecule has 0 atom stereocenters. The van der Waals surface area contributed by atoms with Crippen molar-refractivity contribution in [1.82, 2.24) is 10.1 Å². The molecule has 0 unspecified atom stereocenters. The van der Waals surface area contributed by atoms with Crippen LogP contribution in [0.15, 0.2) is 4.52 Å². The van der Waals surface area contributed by atoms with E-state index >= 15 is 0 Å². The van der Waals surface area contributed by atoms with Gasteiger partial charge in [0, 0.05) is 18.4 Å². The molecular formula is C10H19N3O. The molecule has 0 bridgehead atoms. The van der Waals surface area contributed by atoms with Crippen molar-refractivity contribution in [1.29, 1.82) is 0 Å². The first kappa shape index (κ1) is 11.2. The largest absolute Gasteiger partial charge is 0.339 e. The molecule has 80 valence electrons. The summed E-state index contributed by atoms with van der Waals surface area (Å²) in [5, 5.41) is 3.88. The van der Waals surface area contributed by atoms with Gasteiger partial charge < -0.3 is 10.3 Å². The highest BCUT2D eigenvalue weighted by atomic mass is 16.5. The number of aromatic nitrogens is 2. The summed E-state index contributed by atoms with van der Waals surface area (Å²) in [5.41, 5.74) is 5.69. The van der Waals surface area contributed by atoms with Gasteiger partial charge in [0.15, 0.2) is 5.82 Å². The van der Waals surface area contributed by atoms with Crippen molar-refractivity contribution in [2.75, 3.05) is 0 Å². The second kappa shape index (κ2) is 4.55. The molecule has 1 aromatic rings. The van der Waals surface area contributed by atoms with Crippen LogP contribution in [-0.4, -0.2) is 15.7 Å². The van der Waals surface area contributed by atoms with E-state index in [4.69, 9.17) is 10.3 Å². The molecule has 0 radical (unpaired) electrons. The molecule has 0 aliphatic rings. The third-order valence-electron chi connectivity index (χ3n) is 1.97. The first-order valence-electron chi connectivity index (χ1n) is 5.11. The highest BCUT2D eigenvalue weighted by Crippen LogP contribution is 2.09. The van der Waals surface area contributed by atoms with Crippen molar-refractivity contribution in [3.63, 3.8) is 0 Å². The minimum absolute atomic E-state index is 0.167. The quantitative estimate of drug-likeness (QED) is 0.780. The SMILES string of the molecule is CCCc1noc(CCC(C)(C)N)n1. The molecule has 0 aliphatic heterocycles. The Labute approximate surface area is 84.9 Å². The van der Waals surface area contributed by atoms with Gasteiger partial charge in [-0.3, -0.25) is 0 Å². The van der Waals surface area contributed by atoms with Gasteiger partial charge >= 0.3 is 0 Å². The van der Waals surface area contributed by atoms with Crippen LogP contribution in [0.2, 0.25) is 0 Å². The van der Waals surface area contributed by atoms with Crippen LogP contribution < -0.4 is 5.73 Å². The van der Waals surface area contributed by atoms with E-state index in [1.807, 2.05) is 13.8 Å². The van der Waals surface area contributed by atoms with E-state index in [1.54, 1.807) is 0 Å². The maximum atomic E-state index is 5.86. The Bertz CT molecular complexity index is 275. The molecule has 1 heterocycles. The van der Waals surface area contributed by atoms with Crippen molar-refractivity contribution in [3.05, 3.63) is 11.7 Å². The van der Waals surface area contributed by atoms with Crippen molar-refractivity contribution in [2.45, 2.75) is 52.0 Å². The fraction of sp³-hybridized carbons (Fsp3) is 0.800. The molecule has 1 rings (SSSR count). The van der Waals surface area contributed by atoms with Gasteiger partial charge in [-0.15, -0.1) is 0 Å². The van der Waals surface area contributed by atoms with E-state index in [9.17, 15) is 0 Å². The second-order valence-corrected chi connectivity index (χ2v) is 4.34. The average molecular weight is 197 g/mol. The van der Waals surface area contributed by atoms with Crippen molar-refractivity contribution < 1.29 is 4.52 Å². The van der Waals surface area contributed by atoms with Gasteiger partial charge in [-0.1, -0.05) is 12.1 Å². The molecule has 0 aliphatic carbocycles. The van der Waals surface area contributed by atoms with Crippen LogP contribution >= 0.6 is 0 Å². The lowest BCUT2D eigenvalue weighted by molar-refractivity contribution is 0.354. The average Bonchev–Trinajstić information content (AvgIpc) is 2.49. The monoisotopic (exact) mass is 197 g/mol. The standard InChI is InChI=1S/C10H19N3O/c1-4-5-8-12-9(14-13-8)6-7-10(2,3)11/h4-7,11H2,1-3H3. The lowest BCUT2D eigenvalue weighted by Crippen LogP contribution is -2.32. The molecule has 0 aromatic carbocycles.